The summed E-state index contributed by atoms with van der Waals surface area (Å²) >= 11 is 0. The van der Waals surface area contributed by atoms with Crippen LogP contribution in [0.5, 0.6) is 5.88 Å². The third-order valence-electron chi connectivity index (χ3n) is 5.63. The van der Waals surface area contributed by atoms with Gasteiger partial charge in [0.15, 0.2) is 0 Å². The molecule has 0 N–H and O–H groups in total. The molecule has 0 unspecified atom stereocenters. The Hall–Kier alpha value is -4.33. The molecule has 1 aliphatic heterocycles. The van der Waals surface area contributed by atoms with Crippen LogP contribution < -0.4 is 4.74 Å². The van der Waals surface area contributed by atoms with Crippen molar-refractivity contribution in [3.8, 4) is 17.6 Å². The second-order valence-corrected chi connectivity index (χ2v) is 7.75. The number of benzene rings is 1. The van der Waals surface area contributed by atoms with E-state index in [1.807, 2.05) is 13.0 Å². The molecule has 0 aliphatic carbocycles. The summed E-state index contributed by atoms with van der Waals surface area (Å²) in [5.41, 5.74) is 0.470. The van der Waals surface area contributed by atoms with Gasteiger partial charge < -0.3 is 14.4 Å². The molecule has 1 aliphatic rings. The highest BCUT2D eigenvalue weighted by Crippen LogP contribution is 2.27. The minimum Gasteiger partial charge on any atom is -0.472 e. The fourth-order valence-electron chi connectivity index (χ4n) is 3.88. The molecule has 2 atom stereocenters. The number of piperidine rings is 1. The SMILES string of the molecule is COC(=O)c1c(C#N)ccnc1O[C@@H]1CC[C@@H](C)N(C(=O)c2cc(F)ccc2-n2nccn2)C1. The maximum Gasteiger partial charge on any atom is 0.344 e. The summed E-state index contributed by atoms with van der Waals surface area (Å²) in [6, 6.07) is 7.03. The van der Waals surface area contributed by atoms with Crippen molar-refractivity contribution in [2.24, 2.45) is 0 Å². The largest absolute Gasteiger partial charge is 0.472 e. The zero-order valence-electron chi connectivity index (χ0n) is 18.5. The third kappa shape index (κ3) is 4.43. The Balaban J connectivity index is 1.62. The smallest absolute Gasteiger partial charge is 0.344 e. The van der Waals surface area contributed by atoms with Crippen LogP contribution in [0.15, 0.2) is 42.9 Å². The number of hydrogen-bond acceptors (Lipinski definition) is 8. The van der Waals surface area contributed by atoms with Gasteiger partial charge in [0.2, 0.25) is 5.88 Å². The number of esters is 1. The van der Waals surface area contributed by atoms with Crippen LogP contribution in [0.3, 0.4) is 0 Å². The van der Waals surface area contributed by atoms with E-state index in [2.05, 4.69) is 15.2 Å². The first-order chi connectivity index (χ1) is 16.4. The highest BCUT2D eigenvalue weighted by atomic mass is 19.1. The Kier molecular flexibility index (Phi) is 6.49. The Labute approximate surface area is 194 Å². The highest BCUT2D eigenvalue weighted by Gasteiger charge is 2.33. The van der Waals surface area contributed by atoms with E-state index in [0.717, 1.165) is 6.07 Å². The van der Waals surface area contributed by atoms with Gasteiger partial charge in [0.25, 0.3) is 5.91 Å². The summed E-state index contributed by atoms with van der Waals surface area (Å²) in [5, 5.41) is 17.5. The van der Waals surface area contributed by atoms with E-state index in [0.29, 0.717) is 18.5 Å². The van der Waals surface area contributed by atoms with Gasteiger partial charge in [-0.3, -0.25) is 4.79 Å². The minimum absolute atomic E-state index is 0.0370. The van der Waals surface area contributed by atoms with Gasteiger partial charge >= 0.3 is 5.97 Å². The van der Waals surface area contributed by atoms with Crippen molar-refractivity contribution >= 4 is 11.9 Å². The lowest BCUT2D eigenvalue weighted by Gasteiger charge is -2.38. The summed E-state index contributed by atoms with van der Waals surface area (Å²) in [4.78, 5) is 32.7. The van der Waals surface area contributed by atoms with Crippen molar-refractivity contribution in [2.75, 3.05) is 13.7 Å². The van der Waals surface area contributed by atoms with Crippen molar-refractivity contribution in [1.82, 2.24) is 24.9 Å². The fraction of sp³-hybridized carbons (Fsp3) is 0.304. The quantitative estimate of drug-likeness (QED) is 0.528. The Bertz CT molecular complexity index is 1260. The van der Waals surface area contributed by atoms with Gasteiger partial charge in [-0.25, -0.2) is 14.2 Å². The second kappa shape index (κ2) is 9.66. The van der Waals surface area contributed by atoms with E-state index >= 15 is 0 Å². The van der Waals surface area contributed by atoms with Crippen molar-refractivity contribution in [3.63, 3.8) is 0 Å². The van der Waals surface area contributed by atoms with Crippen molar-refractivity contribution < 1.29 is 23.5 Å². The number of hydrogen-bond donors (Lipinski definition) is 0. The number of nitriles is 1. The van der Waals surface area contributed by atoms with Gasteiger partial charge in [-0.05, 0) is 44.0 Å². The summed E-state index contributed by atoms with van der Waals surface area (Å²) in [6.07, 6.45) is 4.97. The number of rotatable bonds is 5. The maximum absolute atomic E-state index is 14.1. The molecule has 1 saturated heterocycles. The van der Waals surface area contributed by atoms with Gasteiger partial charge in [0.1, 0.15) is 23.6 Å². The van der Waals surface area contributed by atoms with E-state index < -0.39 is 23.8 Å². The van der Waals surface area contributed by atoms with Crippen LogP contribution in [0, 0.1) is 17.1 Å². The number of pyridine rings is 1. The molecular weight excluding hydrogens is 443 g/mol. The zero-order chi connectivity index (χ0) is 24.2. The molecule has 1 fully saturated rings. The number of aromatic nitrogens is 4. The van der Waals surface area contributed by atoms with E-state index in [1.54, 1.807) is 4.90 Å². The van der Waals surface area contributed by atoms with Gasteiger partial charge in [0.05, 0.1) is 42.9 Å². The average molecular weight is 464 g/mol. The van der Waals surface area contributed by atoms with Gasteiger partial charge in [-0.15, -0.1) is 0 Å². The summed E-state index contributed by atoms with van der Waals surface area (Å²) in [6.45, 7) is 2.06. The number of carbonyl (C=O) groups is 2. The Morgan fingerprint density at radius 2 is 1.94 bits per heavy atom. The molecule has 1 aromatic carbocycles. The fourth-order valence-corrected chi connectivity index (χ4v) is 3.88. The number of amides is 1. The second-order valence-electron chi connectivity index (χ2n) is 7.75. The topological polar surface area (TPSA) is 123 Å². The molecule has 4 rings (SSSR count). The molecule has 0 spiro atoms. The molecule has 174 valence electrons. The monoisotopic (exact) mass is 464 g/mol. The molecule has 34 heavy (non-hydrogen) atoms. The lowest BCUT2D eigenvalue weighted by molar-refractivity contribution is 0.0358. The predicted molar refractivity (Wildman–Crippen MR) is 116 cm³/mol. The average Bonchev–Trinajstić information content (AvgIpc) is 3.39. The molecule has 3 heterocycles. The molecule has 3 aromatic rings. The lowest BCUT2D eigenvalue weighted by atomic mass is 9.99. The number of nitrogens with zero attached hydrogens (tertiary/aromatic N) is 6. The predicted octanol–water partition coefficient (Wildman–Crippen LogP) is 2.53. The zero-order valence-corrected chi connectivity index (χ0v) is 18.5. The summed E-state index contributed by atoms with van der Waals surface area (Å²) < 4.78 is 24.8. The number of likely N-dealkylation sites (tertiary alicyclic amines) is 1. The van der Waals surface area contributed by atoms with Gasteiger partial charge in [-0.1, -0.05) is 0 Å². The van der Waals surface area contributed by atoms with E-state index in [1.165, 1.54) is 48.7 Å². The first kappa shape index (κ1) is 22.8. The minimum atomic E-state index is -0.743. The first-order valence-electron chi connectivity index (χ1n) is 10.5. The normalized spacial score (nSPS) is 17.6. The highest BCUT2D eigenvalue weighted by molar-refractivity contribution is 5.98. The van der Waals surface area contributed by atoms with Crippen molar-refractivity contribution in [3.05, 3.63) is 65.4 Å². The first-order valence-corrected chi connectivity index (χ1v) is 10.5. The molecule has 11 heteroatoms. The summed E-state index contributed by atoms with van der Waals surface area (Å²) in [5.74, 6) is -1.74. The molecule has 2 aromatic heterocycles. The molecule has 1 amide bonds. The van der Waals surface area contributed by atoms with Crippen LogP contribution in [-0.2, 0) is 4.74 Å². The van der Waals surface area contributed by atoms with Crippen LogP contribution in [0.2, 0.25) is 0 Å². The molecular formula is C23H21FN6O4. The lowest BCUT2D eigenvalue weighted by Crippen LogP contribution is -2.49. The third-order valence-corrected chi connectivity index (χ3v) is 5.63. The molecule has 0 radical (unpaired) electrons. The number of methoxy groups -OCH3 is 1. The Morgan fingerprint density at radius 3 is 2.65 bits per heavy atom. The van der Waals surface area contributed by atoms with Gasteiger partial charge in [0, 0.05) is 12.2 Å². The van der Waals surface area contributed by atoms with Crippen LogP contribution in [-0.4, -0.2) is 62.6 Å². The van der Waals surface area contributed by atoms with Crippen LogP contribution in [0.4, 0.5) is 4.39 Å². The van der Waals surface area contributed by atoms with E-state index in [4.69, 9.17) is 9.47 Å². The van der Waals surface area contributed by atoms with Crippen LogP contribution >= 0.6 is 0 Å². The van der Waals surface area contributed by atoms with Gasteiger partial charge in [-0.2, -0.15) is 20.3 Å². The maximum atomic E-state index is 14.1. The van der Waals surface area contributed by atoms with Crippen molar-refractivity contribution in [2.45, 2.75) is 31.9 Å². The number of halogens is 1. The van der Waals surface area contributed by atoms with E-state index in [-0.39, 0.29) is 35.2 Å². The summed E-state index contributed by atoms with van der Waals surface area (Å²) in [7, 11) is 1.20. The Morgan fingerprint density at radius 1 is 1.18 bits per heavy atom. The number of carbonyl (C=O) groups excluding carboxylic acids is 2. The molecule has 0 saturated carbocycles. The van der Waals surface area contributed by atoms with Crippen LogP contribution in [0.25, 0.3) is 5.69 Å². The standard InChI is InChI=1S/C23H21FN6O4/c1-14-3-5-17(34-21-20(23(32)33-2)15(12-25)7-8-26-21)13-29(14)22(31)18-11-16(24)4-6-19(18)30-27-9-10-28-30/h4,6-11,14,17H,3,5,13H2,1-2H3/t14-,17-/m1/s1. The van der Waals surface area contributed by atoms with E-state index in [9.17, 15) is 19.2 Å². The molecule has 0 bridgehead atoms. The molecule has 10 nitrogen and oxygen atoms in total. The number of ether oxygens (including phenoxy) is 2. The van der Waals surface area contributed by atoms with Crippen molar-refractivity contribution in [1.29, 1.82) is 5.26 Å². The van der Waals surface area contributed by atoms with Crippen LogP contribution in [0.1, 0.15) is 46.0 Å².